The number of para-hydroxylation sites is 1. The fourth-order valence-electron chi connectivity index (χ4n) is 11.9. The first-order chi connectivity index (χ1) is 37.1. The first kappa shape index (κ1) is 54.3. The average Bonchev–Trinajstić information content (AvgIpc) is 4.12. The summed E-state index contributed by atoms with van der Waals surface area (Å²) in [5, 5.41) is 35.7. The number of benzene rings is 2. The highest BCUT2D eigenvalue weighted by Crippen LogP contribution is 2.38. The second-order valence-electron chi connectivity index (χ2n) is 22.9. The molecule has 19 heteroatoms. The third-order valence-electron chi connectivity index (χ3n) is 16.3. The van der Waals surface area contributed by atoms with Crippen LogP contribution in [0, 0.1) is 12.3 Å². The second-order valence-corrected chi connectivity index (χ2v) is 23.7. The number of anilines is 2. The minimum atomic E-state index is -0.924. The van der Waals surface area contributed by atoms with Crippen molar-refractivity contribution in [3.63, 3.8) is 0 Å². The third kappa shape index (κ3) is 12.9. The summed E-state index contributed by atoms with van der Waals surface area (Å²) in [6.07, 6.45) is 7.34. The molecule has 0 aliphatic carbocycles. The molecule has 0 saturated carbocycles. The molecule has 2 aromatic carbocycles. The molecule has 5 aliphatic heterocycles. The van der Waals surface area contributed by atoms with Crippen molar-refractivity contribution in [2.24, 2.45) is 5.41 Å². The number of thiazole rings is 1. The standard InChI is InChI=1S/C58H76N12O6S/c1-38(40-12-14-41(15-13-40)54-39(2)60-37-77-54)62-56(74)51-29-47(71)33-69(51)57(75)55(58(3,4)5)63-53(73)36-76-48-34-67(35-48)26-25-66-23-21-65(22-24-66)20-8-9-42-27-43(18-19-59-42)70-44-16-17-45(70)32-68(31-44)46-28-50(64-61-30-46)49-10-6-7-11-52(49)72/h6-7,10-15,18-19,27-28,30,37-38,44-45,47-48,51,55,71-72H,8-9,16-17,20-26,29,31-36H2,1-5H3,(H,62,74)(H,63,73)/t38-,44?,45?,47+,51-,55+/m0/s1. The zero-order chi connectivity index (χ0) is 53.8. The molecule has 0 radical (unpaired) electrons. The predicted molar refractivity (Wildman–Crippen MR) is 299 cm³/mol. The number of likely N-dealkylation sites (tertiary alicyclic amines) is 2. The minimum absolute atomic E-state index is 0.00973. The Morgan fingerprint density at radius 1 is 0.844 bits per heavy atom. The van der Waals surface area contributed by atoms with Gasteiger partial charge in [0.15, 0.2) is 0 Å². The highest BCUT2D eigenvalue weighted by Gasteiger charge is 2.45. The Balaban J connectivity index is 0.608. The molecular weight excluding hydrogens is 993 g/mol. The summed E-state index contributed by atoms with van der Waals surface area (Å²) >= 11 is 1.59. The molecule has 0 spiro atoms. The number of hydrogen-bond acceptors (Lipinski definition) is 16. The lowest BCUT2D eigenvalue weighted by molar-refractivity contribution is -0.146. The summed E-state index contributed by atoms with van der Waals surface area (Å²) in [6, 6.07) is 20.5. The van der Waals surface area contributed by atoms with Crippen molar-refractivity contribution < 1.29 is 29.3 Å². The maximum absolute atomic E-state index is 14.2. The number of aryl methyl sites for hydroxylation is 2. The van der Waals surface area contributed by atoms with Crippen LogP contribution >= 0.6 is 11.3 Å². The summed E-state index contributed by atoms with van der Waals surface area (Å²) in [5.74, 6) is -0.917. The smallest absolute Gasteiger partial charge is 0.246 e. The number of fused-ring (bicyclic) bond motifs is 2. The van der Waals surface area contributed by atoms with Gasteiger partial charge in [-0.2, -0.15) is 10.2 Å². The number of phenolic OH excluding ortho intramolecular Hbond substituents is 1. The zero-order valence-corrected chi connectivity index (χ0v) is 46.1. The molecule has 77 heavy (non-hydrogen) atoms. The van der Waals surface area contributed by atoms with Crippen LogP contribution < -0.4 is 20.4 Å². The molecule has 410 valence electrons. The van der Waals surface area contributed by atoms with E-state index in [1.807, 2.05) is 101 Å². The van der Waals surface area contributed by atoms with Crippen molar-refractivity contribution in [1.29, 1.82) is 0 Å². The molecule has 5 aliphatic rings. The van der Waals surface area contributed by atoms with Gasteiger partial charge in [-0.15, -0.1) is 11.3 Å². The number of piperazine rings is 2. The van der Waals surface area contributed by atoms with Crippen molar-refractivity contribution >= 4 is 40.4 Å². The number of aromatic hydroxyl groups is 1. The topological polar surface area (TPSA) is 196 Å². The van der Waals surface area contributed by atoms with Crippen molar-refractivity contribution in [1.82, 2.24) is 50.4 Å². The number of nitrogens with zero attached hydrogens (tertiary/aromatic N) is 10. The van der Waals surface area contributed by atoms with Crippen LogP contribution in [0.5, 0.6) is 5.75 Å². The van der Waals surface area contributed by atoms with E-state index >= 15 is 0 Å². The lowest BCUT2D eigenvalue weighted by Gasteiger charge is -2.43. The molecular formula is C58H76N12O6S. The van der Waals surface area contributed by atoms with E-state index in [0.717, 1.165) is 131 Å². The average molecular weight is 1070 g/mol. The number of β-amino-alcohol motifs (C(OH)–C–C–N with tert-alkyl or cyclic N) is 1. The Morgan fingerprint density at radius 2 is 1.56 bits per heavy atom. The number of carbonyl (C=O) groups excluding carboxylic acids is 3. The van der Waals surface area contributed by atoms with Crippen molar-refractivity contribution in [2.45, 2.75) is 109 Å². The van der Waals surface area contributed by atoms with Gasteiger partial charge in [0.25, 0.3) is 0 Å². The summed E-state index contributed by atoms with van der Waals surface area (Å²) in [6.45, 7) is 19.9. The van der Waals surface area contributed by atoms with Crippen LogP contribution in [0.25, 0.3) is 21.7 Å². The SMILES string of the molecule is Cc1ncsc1-c1ccc([C@H](C)NC(=O)[C@@H]2C[C@@H](O)CN2C(=O)[C@@H](NC(=O)COC2CN(CCN3CCN(CCCc4cc(N5C6CCC5CN(c5cnnc(-c7ccccc7O)c5)C6)ccn4)CC3)C2)C(C)(C)C)cc1. The van der Waals surface area contributed by atoms with Crippen LogP contribution in [0.4, 0.5) is 11.4 Å². The maximum Gasteiger partial charge on any atom is 0.246 e. The van der Waals surface area contributed by atoms with E-state index in [9.17, 15) is 24.6 Å². The van der Waals surface area contributed by atoms with Crippen LogP contribution in [0.3, 0.4) is 0 Å². The predicted octanol–water partition coefficient (Wildman–Crippen LogP) is 5.15. The Kier molecular flexibility index (Phi) is 16.8. The highest BCUT2D eigenvalue weighted by atomic mass is 32.1. The molecule has 2 bridgehead atoms. The molecule has 5 fully saturated rings. The van der Waals surface area contributed by atoms with Gasteiger partial charge in [0.1, 0.15) is 24.4 Å². The van der Waals surface area contributed by atoms with Gasteiger partial charge in [-0.05, 0) is 92.9 Å². The molecule has 10 rings (SSSR count). The van der Waals surface area contributed by atoms with E-state index in [1.54, 1.807) is 17.4 Å². The zero-order valence-electron chi connectivity index (χ0n) is 45.3. The molecule has 18 nitrogen and oxygen atoms in total. The Hall–Kier alpha value is -6.09. The summed E-state index contributed by atoms with van der Waals surface area (Å²) in [5.41, 5.74) is 8.95. The highest BCUT2D eigenvalue weighted by molar-refractivity contribution is 7.13. The van der Waals surface area contributed by atoms with E-state index in [4.69, 9.17) is 9.72 Å². The lowest BCUT2D eigenvalue weighted by Crippen LogP contribution is -2.59. The van der Waals surface area contributed by atoms with Gasteiger partial charge >= 0.3 is 0 Å². The number of aromatic nitrogens is 4. The molecule has 3 aromatic heterocycles. The van der Waals surface area contributed by atoms with E-state index in [-0.39, 0.29) is 49.3 Å². The quantitative estimate of drug-likeness (QED) is 0.0847. The number of phenols is 1. The molecule has 3 amide bonds. The lowest BCUT2D eigenvalue weighted by atomic mass is 9.85. The number of ether oxygens (including phenoxy) is 1. The first-order valence-electron chi connectivity index (χ1n) is 27.6. The summed E-state index contributed by atoms with van der Waals surface area (Å²) in [4.78, 5) is 65.5. The Labute approximate surface area is 456 Å². The number of pyridine rings is 1. The van der Waals surface area contributed by atoms with Crippen LogP contribution in [-0.4, -0.2) is 189 Å². The van der Waals surface area contributed by atoms with Gasteiger partial charge in [0.05, 0.1) is 51.9 Å². The van der Waals surface area contributed by atoms with Crippen LogP contribution in [0.1, 0.15) is 76.4 Å². The molecule has 4 N–H and O–H groups in total. The number of aliphatic hydroxyl groups excluding tert-OH is 1. The molecule has 8 heterocycles. The van der Waals surface area contributed by atoms with E-state index in [1.165, 1.54) is 10.6 Å². The number of carbonyl (C=O) groups is 3. The second kappa shape index (κ2) is 23.9. The molecule has 6 atom stereocenters. The van der Waals surface area contributed by atoms with Crippen molar-refractivity contribution in [3.8, 4) is 27.4 Å². The van der Waals surface area contributed by atoms with Gasteiger partial charge in [-0.25, -0.2) is 4.98 Å². The maximum atomic E-state index is 14.2. The minimum Gasteiger partial charge on any atom is -0.507 e. The number of nitrogens with one attached hydrogen (secondary N) is 2. The van der Waals surface area contributed by atoms with Crippen molar-refractivity contribution in [3.05, 3.63) is 102 Å². The summed E-state index contributed by atoms with van der Waals surface area (Å²) < 4.78 is 6.02. The van der Waals surface area contributed by atoms with Gasteiger partial charge < -0.3 is 45.2 Å². The van der Waals surface area contributed by atoms with Crippen LogP contribution in [-0.2, 0) is 25.5 Å². The Bertz CT molecular complexity index is 2820. The largest absolute Gasteiger partial charge is 0.507 e. The Morgan fingerprint density at radius 3 is 2.26 bits per heavy atom. The van der Waals surface area contributed by atoms with Gasteiger partial charge in [0, 0.05) is 114 Å². The number of amides is 3. The first-order valence-corrected chi connectivity index (χ1v) is 28.5. The monoisotopic (exact) mass is 1070 g/mol. The van der Waals surface area contributed by atoms with Gasteiger partial charge in [-0.3, -0.25) is 29.2 Å². The molecule has 5 saturated heterocycles. The van der Waals surface area contributed by atoms with E-state index < -0.39 is 29.5 Å². The number of aliphatic hydroxyl groups is 1. The third-order valence-corrected chi connectivity index (χ3v) is 17.3. The number of hydrogen-bond donors (Lipinski definition) is 4. The van der Waals surface area contributed by atoms with Gasteiger partial charge in [-0.1, -0.05) is 57.2 Å². The number of rotatable bonds is 19. The van der Waals surface area contributed by atoms with E-state index in [0.29, 0.717) is 23.3 Å². The fraction of sp³-hybridized carbons (Fsp3) is 0.534. The van der Waals surface area contributed by atoms with Gasteiger partial charge in [0.2, 0.25) is 17.7 Å². The van der Waals surface area contributed by atoms with E-state index in [2.05, 4.69) is 62.4 Å². The molecule has 2 unspecified atom stereocenters. The van der Waals surface area contributed by atoms with Crippen LogP contribution in [0.15, 0.2) is 84.6 Å². The van der Waals surface area contributed by atoms with Crippen molar-refractivity contribution in [2.75, 3.05) is 94.9 Å². The fourth-order valence-corrected chi connectivity index (χ4v) is 12.7. The normalized spacial score (nSPS) is 22.2. The van der Waals surface area contributed by atoms with Crippen LogP contribution in [0.2, 0.25) is 0 Å². The summed E-state index contributed by atoms with van der Waals surface area (Å²) in [7, 11) is 0. The molecule has 5 aromatic rings.